The number of hydrogen-bond acceptors (Lipinski definition) is 5. The van der Waals surface area contributed by atoms with E-state index >= 15 is 0 Å². The minimum Gasteiger partial charge on any atom is -0.339 e. The molecule has 24 heavy (non-hydrogen) atoms. The third-order valence-electron chi connectivity index (χ3n) is 4.85. The standard InChI is InChI=1S/C18H19N3O3/c22-17-13-8-3-4-9-14(13)18(23)21(17)11-5-10-15-19-16(20-24-15)12-6-1-2-7-12/h3-4,8-9,12H,1-2,5-7,10-11H2. The molecule has 2 heterocycles. The van der Waals surface area contributed by atoms with E-state index in [0.717, 1.165) is 18.7 Å². The zero-order chi connectivity index (χ0) is 16.5. The van der Waals surface area contributed by atoms with Crippen LogP contribution in [0.2, 0.25) is 0 Å². The molecule has 6 heteroatoms. The van der Waals surface area contributed by atoms with Gasteiger partial charge in [-0.2, -0.15) is 4.98 Å². The van der Waals surface area contributed by atoms with Gasteiger partial charge >= 0.3 is 0 Å². The summed E-state index contributed by atoms with van der Waals surface area (Å²) >= 11 is 0. The molecular formula is C18H19N3O3. The molecule has 2 aromatic rings. The summed E-state index contributed by atoms with van der Waals surface area (Å²) in [6, 6.07) is 6.94. The fraction of sp³-hybridized carbons (Fsp3) is 0.444. The van der Waals surface area contributed by atoms with Crippen LogP contribution in [0, 0.1) is 0 Å². The van der Waals surface area contributed by atoms with E-state index in [2.05, 4.69) is 10.1 Å². The van der Waals surface area contributed by atoms with Gasteiger partial charge in [0.2, 0.25) is 5.89 Å². The van der Waals surface area contributed by atoms with Gasteiger partial charge in [0.25, 0.3) is 11.8 Å². The largest absolute Gasteiger partial charge is 0.339 e. The maximum Gasteiger partial charge on any atom is 0.261 e. The Labute approximate surface area is 139 Å². The van der Waals surface area contributed by atoms with Gasteiger partial charge in [0.05, 0.1) is 11.1 Å². The summed E-state index contributed by atoms with van der Waals surface area (Å²) in [6.45, 7) is 0.369. The number of amides is 2. The molecule has 2 aliphatic rings. The lowest BCUT2D eigenvalue weighted by atomic mass is 10.1. The van der Waals surface area contributed by atoms with Crippen molar-refractivity contribution in [3.05, 3.63) is 47.1 Å². The van der Waals surface area contributed by atoms with Crippen LogP contribution in [-0.4, -0.2) is 33.4 Å². The van der Waals surface area contributed by atoms with Crippen LogP contribution in [0.15, 0.2) is 28.8 Å². The summed E-state index contributed by atoms with van der Waals surface area (Å²) < 4.78 is 5.31. The van der Waals surface area contributed by atoms with Crippen molar-refractivity contribution in [2.24, 2.45) is 0 Å². The van der Waals surface area contributed by atoms with Crippen LogP contribution in [0.1, 0.15) is 70.5 Å². The number of aromatic nitrogens is 2. The van der Waals surface area contributed by atoms with E-state index in [1.165, 1.54) is 17.7 Å². The van der Waals surface area contributed by atoms with Crippen LogP contribution in [0.5, 0.6) is 0 Å². The Bertz CT molecular complexity index is 742. The molecule has 0 spiro atoms. The fourth-order valence-corrected chi connectivity index (χ4v) is 3.55. The highest BCUT2D eigenvalue weighted by molar-refractivity contribution is 6.21. The van der Waals surface area contributed by atoms with E-state index in [-0.39, 0.29) is 11.8 Å². The van der Waals surface area contributed by atoms with Gasteiger partial charge in [-0.05, 0) is 31.4 Å². The second-order valence-corrected chi connectivity index (χ2v) is 6.44. The molecule has 1 fully saturated rings. The van der Waals surface area contributed by atoms with E-state index < -0.39 is 0 Å². The van der Waals surface area contributed by atoms with Crippen molar-refractivity contribution in [2.75, 3.05) is 6.54 Å². The first-order valence-corrected chi connectivity index (χ1v) is 8.52. The zero-order valence-corrected chi connectivity index (χ0v) is 13.4. The van der Waals surface area contributed by atoms with E-state index in [1.807, 2.05) is 0 Å². The highest BCUT2D eigenvalue weighted by Gasteiger charge is 2.34. The number of fused-ring (bicyclic) bond motifs is 1. The van der Waals surface area contributed by atoms with E-state index in [4.69, 9.17) is 4.52 Å². The Kier molecular flexibility index (Phi) is 3.88. The van der Waals surface area contributed by atoms with Crippen LogP contribution in [0.25, 0.3) is 0 Å². The lowest BCUT2D eigenvalue weighted by Crippen LogP contribution is -2.30. The van der Waals surface area contributed by atoms with Crippen molar-refractivity contribution in [2.45, 2.75) is 44.4 Å². The quantitative estimate of drug-likeness (QED) is 0.790. The maximum atomic E-state index is 12.3. The normalized spacial score (nSPS) is 17.8. The Morgan fingerprint density at radius 3 is 2.42 bits per heavy atom. The molecule has 1 aromatic carbocycles. The molecule has 1 aliphatic heterocycles. The minimum atomic E-state index is -0.215. The molecular weight excluding hydrogens is 306 g/mol. The van der Waals surface area contributed by atoms with Gasteiger partial charge in [-0.3, -0.25) is 14.5 Å². The predicted octanol–water partition coefficient (Wildman–Crippen LogP) is 2.96. The molecule has 0 saturated heterocycles. The zero-order valence-electron chi connectivity index (χ0n) is 13.4. The lowest BCUT2D eigenvalue weighted by molar-refractivity contribution is 0.0651. The number of aryl methyl sites for hydroxylation is 1. The summed E-state index contributed by atoms with van der Waals surface area (Å²) in [5.41, 5.74) is 0.979. The molecule has 124 valence electrons. The van der Waals surface area contributed by atoms with Crippen molar-refractivity contribution >= 4 is 11.8 Å². The number of benzene rings is 1. The first-order valence-electron chi connectivity index (χ1n) is 8.52. The summed E-state index contributed by atoms with van der Waals surface area (Å²) in [5.74, 6) is 1.40. The van der Waals surface area contributed by atoms with Crippen molar-refractivity contribution in [1.29, 1.82) is 0 Å². The lowest BCUT2D eigenvalue weighted by Gasteiger charge is -2.12. The molecule has 1 aromatic heterocycles. The van der Waals surface area contributed by atoms with E-state index in [1.54, 1.807) is 24.3 Å². The summed E-state index contributed by atoms with van der Waals surface area (Å²) in [4.78, 5) is 30.3. The van der Waals surface area contributed by atoms with Crippen molar-refractivity contribution in [3.63, 3.8) is 0 Å². The highest BCUT2D eigenvalue weighted by atomic mass is 16.5. The number of carbonyl (C=O) groups is 2. The van der Waals surface area contributed by atoms with Crippen LogP contribution in [0.4, 0.5) is 0 Å². The average molecular weight is 325 g/mol. The summed E-state index contributed by atoms with van der Waals surface area (Å²) in [5, 5.41) is 4.08. The Morgan fingerprint density at radius 1 is 1.08 bits per heavy atom. The Morgan fingerprint density at radius 2 is 1.75 bits per heavy atom. The number of nitrogens with zero attached hydrogens (tertiary/aromatic N) is 3. The van der Waals surface area contributed by atoms with Crippen molar-refractivity contribution in [1.82, 2.24) is 15.0 Å². The van der Waals surface area contributed by atoms with Gasteiger partial charge in [-0.25, -0.2) is 0 Å². The molecule has 1 aliphatic carbocycles. The topological polar surface area (TPSA) is 76.3 Å². The van der Waals surface area contributed by atoms with Crippen molar-refractivity contribution in [3.8, 4) is 0 Å². The van der Waals surface area contributed by atoms with Crippen LogP contribution >= 0.6 is 0 Å². The van der Waals surface area contributed by atoms with Crippen molar-refractivity contribution < 1.29 is 14.1 Å². The van der Waals surface area contributed by atoms with Crippen LogP contribution in [0.3, 0.4) is 0 Å². The van der Waals surface area contributed by atoms with Gasteiger partial charge in [-0.1, -0.05) is 30.1 Å². The molecule has 4 rings (SSSR count). The Hall–Kier alpha value is -2.50. The first-order chi connectivity index (χ1) is 11.7. The smallest absolute Gasteiger partial charge is 0.261 e. The Balaban J connectivity index is 1.35. The third-order valence-corrected chi connectivity index (χ3v) is 4.85. The SMILES string of the molecule is O=C1c2ccccc2C(=O)N1CCCc1nc(C2CCCC2)no1. The fourth-order valence-electron chi connectivity index (χ4n) is 3.55. The van der Waals surface area contributed by atoms with Crippen LogP contribution < -0.4 is 0 Å². The van der Waals surface area contributed by atoms with Gasteiger partial charge < -0.3 is 4.52 Å². The van der Waals surface area contributed by atoms with Gasteiger partial charge in [-0.15, -0.1) is 0 Å². The number of imide groups is 1. The predicted molar refractivity (Wildman–Crippen MR) is 85.6 cm³/mol. The minimum absolute atomic E-state index is 0.215. The summed E-state index contributed by atoms with van der Waals surface area (Å²) in [6.07, 6.45) is 5.93. The van der Waals surface area contributed by atoms with Gasteiger partial charge in [0.1, 0.15) is 0 Å². The molecule has 1 saturated carbocycles. The second kappa shape index (κ2) is 6.19. The molecule has 0 radical (unpaired) electrons. The van der Waals surface area contributed by atoms with E-state index in [0.29, 0.717) is 42.3 Å². The highest BCUT2D eigenvalue weighted by Crippen LogP contribution is 2.32. The van der Waals surface area contributed by atoms with Gasteiger partial charge in [0, 0.05) is 18.9 Å². The molecule has 0 atom stereocenters. The van der Waals surface area contributed by atoms with E-state index in [9.17, 15) is 9.59 Å². The maximum absolute atomic E-state index is 12.3. The monoisotopic (exact) mass is 325 g/mol. The van der Waals surface area contributed by atoms with Gasteiger partial charge in [0.15, 0.2) is 5.82 Å². The second-order valence-electron chi connectivity index (χ2n) is 6.44. The average Bonchev–Trinajstić information content (AvgIpc) is 3.32. The first kappa shape index (κ1) is 15.1. The molecule has 0 N–H and O–H groups in total. The molecule has 2 amide bonds. The van der Waals surface area contributed by atoms with Crippen LogP contribution in [-0.2, 0) is 6.42 Å². The molecule has 0 bridgehead atoms. The number of rotatable bonds is 5. The molecule has 0 unspecified atom stereocenters. The summed E-state index contributed by atoms with van der Waals surface area (Å²) in [7, 11) is 0. The number of carbonyl (C=O) groups excluding carboxylic acids is 2. The number of hydrogen-bond donors (Lipinski definition) is 0. The molecule has 6 nitrogen and oxygen atoms in total. The third kappa shape index (κ3) is 2.62.